The molecule has 27 heavy (non-hydrogen) atoms. The van der Waals surface area contributed by atoms with Crippen LogP contribution in [0.15, 0.2) is 42.5 Å². The molecule has 0 radical (unpaired) electrons. The van der Waals surface area contributed by atoms with Crippen molar-refractivity contribution < 1.29 is 22.8 Å². The van der Waals surface area contributed by atoms with E-state index in [1.54, 1.807) is 12.1 Å². The van der Waals surface area contributed by atoms with Gasteiger partial charge in [-0.1, -0.05) is 29.3 Å². The van der Waals surface area contributed by atoms with E-state index in [0.717, 1.165) is 17.7 Å². The van der Waals surface area contributed by atoms with Crippen LogP contribution in [0.25, 0.3) is 0 Å². The lowest BCUT2D eigenvalue weighted by Gasteiger charge is -2.21. The molecule has 8 heteroatoms. The molecule has 0 aliphatic rings. The van der Waals surface area contributed by atoms with Gasteiger partial charge in [0.15, 0.2) is 0 Å². The summed E-state index contributed by atoms with van der Waals surface area (Å²) in [6, 6.07) is 10.4. The quantitative estimate of drug-likeness (QED) is 0.766. The lowest BCUT2D eigenvalue weighted by atomic mass is 10.2. The first kappa shape index (κ1) is 20.8. The summed E-state index contributed by atoms with van der Waals surface area (Å²) in [6.45, 7) is 3.40. The summed E-state index contributed by atoms with van der Waals surface area (Å²) in [5.74, 6) is -0.749. The molecular weight excluding hydrogens is 381 g/mol. The smallest absolute Gasteiger partial charge is 0.326 e. The van der Waals surface area contributed by atoms with Gasteiger partial charge in [-0.15, -0.1) is 0 Å². The molecule has 0 aliphatic heterocycles. The van der Waals surface area contributed by atoms with Gasteiger partial charge in [0, 0.05) is 31.3 Å². The van der Waals surface area contributed by atoms with Gasteiger partial charge in [-0.3, -0.25) is 9.59 Å². The molecule has 144 valence electrons. The molecule has 2 amide bonds. The Hall–Kier alpha value is -2.54. The predicted octanol–water partition coefficient (Wildman–Crippen LogP) is 5.05. The summed E-state index contributed by atoms with van der Waals surface area (Å²) in [7, 11) is 0. The maximum Gasteiger partial charge on any atom is 0.417 e. The van der Waals surface area contributed by atoms with Crippen molar-refractivity contribution in [3.63, 3.8) is 0 Å². The van der Waals surface area contributed by atoms with E-state index >= 15 is 0 Å². The molecule has 4 nitrogen and oxygen atoms in total. The molecule has 2 rings (SSSR count). The van der Waals surface area contributed by atoms with Gasteiger partial charge < -0.3 is 10.2 Å². The van der Waals surface area contributed by atoms with Crippen LogP contribution in [-0.4, -0.2) is 18.4 Å². The van der Waals surface area contributed by atoms with Crippen molar-refractivity contribution in [1.29, 1.82) is 0 Å². The maximum atomic E-state index is 12.9. The Morgan fingerprint density at radius 2 is 1.74 bits per heavy atom. The normalized spacial score (nSPS) is 11.2. The summed E-state index contributed by atoms with van der Waals surface area (Å²) >= 11 is 5.56. The average Bonchev–Trinajstić information content (AvgIpc) is 2.57. The van der Waals surface area contributed by atoms with Crippen LogP contribution in [0, 0.1) is 6.92 Å². The monoisotopic (exact) mass is 398 g/mol. The zero-order valence-electron chi connectivity index (χ0n) is 14.7. The molecule has 0 heterocycles. The Kier molecular flexibility index (Phi) is 6.49. The van der Waals surface area contributed by atoms with E-state index in [1.165, 1.54) is 17.9 Å². The first-order valence-corrected chi connectivity index (χ1v) is 8.47. The number of nitrogens with zero attached hydrogens (tertiary/aromatic N) is 1. The highest BCUT2D eigenvalue weighted by molar-refractivity contribution is 6.31. The van der Waals surface area contributed by atoms with E-state index in [-0.39, 0.29) is 24.6 Å². The third-order valence-corrected chi connectivity index (χ3v) is 4.17. The number of amides is 2. The fraction of sp³-hybridized carbons (Fsp3) is 0.263. The van der Waals surface area contributed by atoms with Gasteiger partial charge >= 0.3 is 6.18 Å². The van der Waals surface area contributed by atoms with Crippen molar-refractivity contribution in [2.45, 2.75) is 26.4 Å². The topological polar surface area (TPSA) is 49.4 Å². The Labute approximate surface area is 159 Å². The number of carbonyl (C=O) groups is 2. The second-order valence-corrected chi connectivity index (χ2v) is 6.40. The minimum atomic E-state index is -4.62. The largest absolute Gasteiger partial charge is 0.417 e. The zero-order chi connectivity index (χ0) is 20.2. The SMILES string of the molecule is CC(=O)N(CCC(=O)Nc1ccc(Cl)c(C(F)(F)F)c1)c1ccc(C)cc1. The molecule has 0 unspecified atom stereocenters. The Bertz CT molecular complexity index is 836. The molecule has 0 aliphatic carbocycles. The minimum absolute atomic E-state index is 0.0126. The minimum Gasteiger partial charge on any atom is -0.326 e. The van der Waals surface area contributed by atoms with E-state index < -0.39 is 22.7 Å². The highest BCUT2D eigenvalue weighted by Gasteiger charge is 2.33. The lowest BCUT2D eigenvalue weighted by Crippen LogP contribution is -2.31. The van der Waals surface area contributed by atoms with Crippen molar-refractivity contribution in [2.75, 3.05) is 16.8 Å². The number of rotatable bonds is 5. The van der Waals surface area contributed by atoms with E-state index in [0.29, 0.717) is 5.69 Å². The van der Waals surface area contributed by atoms with Crippen LogP contribution in [0.3, 0.4) is 0 Å². The summed E-state index contributed by atoms with van der Waals surface area (Å²) in [6.07, 6.45) is -4.69. The van der Waals surface area contributed by atoms with Crippen LogP contribution in [-0.2, 0) is 15.8 Å². The van der Waals surface area contributed by atoms with Crippen molar-refractivity contribution >= 4 is 34.8 Å². The third kappa shape index (κ3) is 5.72. The molecule has 0 atom stereocenters. The number of nitrogens with one attached hydrogen (secondary N) is 1. The number of carbonyl (C=O) groups excluding carboxylic acids is 2. The number of hydrogen-bond donors (Lipinski definition) is 1. The number of benzene rings is 2. The molecular formula is C19H18ClF3N2O2. The predicted molar refractivity (Wildman–Crippen MR) is 98.9 cm³/mol. The van der Waals surface area contributed by atoms with E-state index in [2.05, 4.69) is 5.32 Å². The summed E-state index contributed by atoms with van der Waals surface area (Å²) in [4.78, 5) is 25.4. The van der Waals surface area contributed by atoms with Crippen LogP contribution < -0.4 is 10.2 Å². The molecule has 0 fully saturated rings. The van der Waals surface area contributed by atoms with Gasteiger partial charge in [-0.25, -0.2) is 0 Å². The van der Waals surface area contributed by atoms with Gasteiger partial charge in [0.2, 0.25) is 11.8 Å². The highest BCUT2D eigenvalue weighted by Crippen LogP contribution is 2.36. The van der Waals surface area contributed by atoms with Crippen LogP contribution in [0.1, 0.15) is 24.5 Å². The maximum absolute atomic E-state index is 12.9. The molecule has 2 aromatic carbocycles. The molecule has 0 saturated carbocycles. The Morgan fingerprint density at radius 1 is 1.11 bits per heavy atom. The fourth-order valence-corrected chi connectivity index (χ4v) is 2.67. The number of aryl methyl sites for hydroxylation is 1. The number of anilines is 2. The number of halogens is 4. The van der Waals surface area contributed by atoms with Crippen LogP contribution in [0.5, 0.6) is 0 Å². The summed E-state index contributed by atoms with van der Waals surface area (Å²) in [5, 5.41) is 1.96. The van der Waals surface area contributed by atoms with E-state index in [4.69, 9.17) is 11.6 Å². The van der Waals surface area contributed by atoms with Gasteiger partial charge in [-0.05, 0) is 37.3 Å². The Balaban J connectivity index is 2.04. The molecule has 0 aromatic heterocycles. The molecule has 1 N–H and O–H groups in total. The summed E-state index contributed by atoms with van der Waals surface area (Å²) < 4.78 is 38.7. The second kappa shape index (κ2) is 8.43. The van der Waals surface area contributed by atoms with Crippen molar-refractivity contribution in [1.82, 2.24) is 0 Å². The van der Waals surface area contributed by atoms with E-state index in [1.807, 2.05) is 19.1 Å². The van der Waals surface area contributed by atoms with Crippen molar-refractivity contribution in [2.24, 2.45) is 0 Å². The molecule has 0 saturated heterocycles. The number of hydrogen-bond acceptors (Lipinski definition) is 2. The van der Waals surface area contributed by atoms with Gasteiger partial charge in [0.1, 0.15) is 0 Å². The Morgan fingerprint density at radius 3 is 2.30 bits per heavy atom. The van der Waals surface area contributed by atoms with Crippen LogP contribution in [0.4, 0.5) is 24.5 Å². The molecule has 0 spiro atoms. The average molecular weight is 399 g/mol. The van der Waals surface area contributed by atoms with Crippen LogP contribution >= 0.6 is 11.6 Å². The summed E-state index contributed by atoms with van der Waals surface area (Å²) in [5.41, 5.74) is 0.642. The van der Waals surface area contributed by atoms with Gasteiger partial charge in [-0.2, -0.15) is 13.2 Å². The highest BCUT2D eigenvalue weighted by atomic mass is 35.5. The van der Waals surface area contributed by atoms with Crippen LogP contribution in [0.2, 0.25) is 5.02 Å². The fourth-order valence-electron chi connectivity index (χ4n) is 2.45. The van der Waals surface area contributed by atoms with E-state index in [9.17, 15) is 22.8 Å². The van der Waals surface area contributed by atoms with Gasteiger partial charge in [0.05, 0.1) is 10.6 Å². The van der Waals surface area contributed by atoms with Crippen molar-refractivity contribution in [3.05, 3.63) is 58.6 Å². The first-order valence-electron chi connectivity index (χ1n) is 8.09. The zero-order valence-corrected chi connectivity index (χ0v) is 15.5. The lowest BCUT2D eigenvalue weighted by molar-refractivity contribution is -0.137. The molecule has 2 aromatic rings. The standard InChI is InChI=1S/C19H18ClF3N2O2/c1-12-3-6-15(7-4-12)25(13(2)26)10-9-18(27)24-14-5-8-17(20)16(11-14)19(21,22)23/h3-8,11H,9-10H2,1-2H3,(H,24,27). The first-order chi connectivity index (χ1) is 12.6. The number of alkyl halides is 3. The van der Waals surface area contributed by atoms with Crippen molar-refractivity contribution in [3.8, 4) is 0 Å². The second-order valence-electron chi connectivity index (χ2n) is 6.00. The van der Waals surface area contributed by atoms with Gasteiger partial charge in [0.25, 0.3) is 0 Å². The molecule has 0 bridgehead atoms. The third-order valence-electron chi connectivity index (χ3n) is 3.84.